The van der Waals surface area contributed by atoms with Gasteiger partial charge in [-0.05, 0) is 87.6 Å². The molecular formula is C46H30N2. The summed E-state index contributed by atoms with van der Waals surface area (Å²) in [5, 5.41) is 7.62. The third-order valence-electron chi connectivity index (χ3n) is 9.91. The smallest absolute Gasteiger partial charge is 0.0547 e. The summed E-state index contributed by atoms with van der Waals surface area (Å²) in [7, 11) is 0. The quantitative estimate of drug-likeness (QED) is 0.188. The Morgan fingerprint density at radius 3 is 1.56 bits per heavy atom. The highest BCUT2D eigenvalue weighted by Crippen LogP contribution is 2.39. The van der Waals surface area contributed by atoms with Crippen LogP contribution in [-0.4, -0.2) is 9.13 Å². The maximum Gasteiger partial charge on any atom is 0.0547 e. The average molecular weight is 611 g/mol. The molecule has 0 N–H and O–H groups in total. The van der Waals surface area contributed by atoms with Gasteiger partial charge in [0.25, 0.3) is 0 Å². The van der Waals surface area contributed by atoms with Crippen molar-refractivity contribution in [2.45, 2.75) is 0 Å². The summed E-state index contributed by atoms with van der Waals surface area (Å²) in [6.07, 6.45) is 0. The number of fused-ring (bicyclic) bond motifs is 8. The molecule has 0 saturated heterocycles. The van der Waals surface area contributed by atoms with Crippen LogP contribution in [0.3, 0.4) is 0 Å². The normalized spacial score (nSPS) is 11.8. The van der Waals surface area contributed by atoms with Crippen molar-refractivity contribution < 1.29 is 0 Å². The number of aromatic nitrogens is 2. The number of nitrogens with zero attached hydrogens (tertiary/aromatic N) is 2. The maximum atomic E-state index is 2.41. The van der Waals surface area contributed by atoms with E-state index < -0.39 is 0 Å². The maximum absolute atomic E-state index is 2.41. The molecule has 48 heavy (non-hydrogen) atoms. The summed E-state index contributed by atoms with van der Waals surface area (Å²) in [5.41, 5.74) is 12.1. The molecule has 2 heterocycles. The molecule has 8 aromatic carbocycles. The molecule has 0 amide bonds. The molecule has 10 aromatic rings. The van der Waals surface area contributed by atoms with Crippen molar-refractivity contribution in [3.63, 3.8) is 0 Å². The minimum Gasteiger partial charge on any atom is -0.309 e. The fourth-order valence-electron chi connectivity index (χ4n) is 7.69. The van der Waals surface area contributed by atoms with Crippen LogP contribution in [0.5, 0.6) is 0 Å². The van der Waals surface area contributed by atoms with Crippen molar-refractivity contribution >= 4 is 54.4 Å². The van der Waals surface area contributed by atoms with Crippen LogP contribution in [0.4, 0.5) is 0 Å². The Balaban J connectivity index is 1.14. The van der Waals surface area contributed by atoms with Crippen molar-refractivity contribution in [1.82, 2.24) is 9.13 Å². The van der Waals surface area contributed by atoms with Gasteiger partial charge in [0.2, 0.25) is 0 Å². The molecule has 0 aliphatic carbocycles. The van der Waals surface area contributed by atoms with Crippen LogP contribution in [0, 0.1) is 0 Å². The van der Waals surface area contributed by atoms with Gasteiger partial charge in [0.1, 0.15) is 0 Å². The number of hydrogen-bond donors (Lipinski definition) is 0. The Morgan fingerprint density at radius 2 is 0.792 bits per heavy atom. The van der Waals surface area contributed by atoms with E-state index in [2.05, 4.69) is 191 Å². The summed E-state index contributed by atoms with van der Waals surface area (Å²) in [6, 6.07) is 66.2. The summed E-state index contributed by atoms with van der Waals surface area (Å²) >= 11 is 0. The number of para-hydroxylation sites is 3. The lowest BCUT2D eigenvalue weighted by Crippen LogP contribution is -1.94. The van der Waals surface area contributed by atoms with E-state index in [1.807, 2.05) is 0 Å². The number of rotatable bonds is 4. The molecule has 0 bridgehead atoms. The lowest BCUT2D eigenvalue weighted by Gasteiger charge is -2.11. The van der Waals surface area contributed by atoms with Gasteiger partial charge in [0.15, 0.2) is 0 Å². The second kappa shape index (κ2) is 10.6. The highest BCUT2D eigenvalue weighted by molar-refractivity contribution is 6.21. The Hall–Kier alpha value is -6.38. The van der Waals surface area contributed by atoms with Gasteiger partial charge in [-0.3, -0.25) is 0 Å². The van der Waals surface area contributed by atoms with Gasteiger partial charge in [-0.25, -0.2) is 0 Å². The first-order valence-corrected chi connectivity index (χ1v) is 16.5. The van der Waals surface area contributed by atoms with E-state index in [1.54, 1.807) is 0 Å². The van der Waals surface area contributed by atoms with Crippen LogP contribution in [0.1, 0.15) is 0 Å². The highest BCUT2D eigenvalue weighted by Gasteiger charge is 2.16. The second-order valence-corrected chi connectivity index (χ2v) is 12.6. The number of benzene rings is 8. The molecule has 0 atom stereocenters. The summed E-state index contributed by atoms with van der Waals surface area (Å²) in [5.74, 6) is 0. The summed E-state index contributed by atoms with van der Waals surface area (Å²) < 4.78 is 4.79. The summed E-state index contributed by atoms with van der Waals surface area (Å²) in [4.78, 5) is 0. The SMILES string of the molecule is c1ccc(-c2ccc(-n3c4ccccc4c4ccc(-c5ccc6c(ccc7c6c6ccccc6n7-c6ccccc6)c5)cc43)cc2)cc1. The van der Waals surface area contributed by atoms with E-state index in [9.17, 15) is 0 Å². The lowest BCUT2D eigenvalue weighted by atomic mass is 9.97. The fraction of sp³-hybridized carbons (Fsp3) is 0. The van der Waals surface area contributed by atoms with Gasteiger partial charge >= 0.3 is 0 Å². The zero-order chi connectivity index (χ0) is 31.6. The molecule has 0 radical (unpaired) electrons. The molecule has 0 spiro atoms. The molecule has 0 saturated carbocycles. The van der Waals surface area contributed by atoms with Crippen molar-refractivity contribution in [2.75, 3.05) is 0 Å². The van der Waals surface area contributed by atoms with Crippen LogP contribution < -0.4 is 0 Å². The Bertz CT molecular complexity index is 2800. The zero-order valence-electron chi connectivity index (χ0n) is 26.2. The molecule has 224 valence electrons. The first-order chi connectivity index (χ1) is 23.8. The van der Waals surface area contributed by atoms with Crippen molar-refractivity contribution in [3.05, 3.63) is 182 Å². The number of hydrogen-bond acceptors (Lipinski definition) is 0. The minimum atomic E-state index is 1.16. The van der Waals surface area contributed by atoms with Crippen LogP contribution in [0.2, 0.25) is 0 Å². The minimum absolute atomic E-state index is 1.16. The third kappa shape index (κ3) is 4.06. The zero-order valence-corrected chi connectivity index (χ0v) is 26.2. The van der Waals surface area contributed by atoms with Gasteiger partial charge < -0.3 is 9.13 Å². The van der Waals surface area contributed by atoms with Gasteiger partial charge in [0, 0.05) is 32.9 Å². The van der Waals surface area contributed by atoms with Crippen LogP contribution in [-0.2, 0) is 0 Å². The molecule has 2 heteroatoms. The van der Waals surface area contributed by atoms with Gasteiger partial charge in [-0.1, -0.05) is 127 Å². The largest absolute Gasteiger partial charge is 0.309 e. The van der Waals surface area contributed by atoms with E-state index in [1.165, 1.54) is 82.3 Å². The van der Waals surface area contributed by atoms with Gasteiger partial charge in [-0.15, -0.1) is 0 Å². The van der Waals surface area contributed by atoms with Crippen LogP contribution in [0.25, 0.3) is 88.0 Å². The van der Waals surface area contributed by atoms with Crippen molar-refractivity contribution in [1.29, 1.82) is 0 Å². The molecule has 10 rings (SSSR count). The predicted octanol–water partition coefficient (Wildman–Crippen LogP) is 12.4. The van der Waals surface area contributed by atoms with Crippen LogP contribution in [0.15, 0.2) is 182 Å². The fourth-order valence-corrected chi connectivity index (χ4v) is 7.69. The van der Waals surface area contributed by atoms with Crippen LogP contribution >= 0.6 is 0 Å². The average Bonchev–Trinajstić information content (AvgIpc) is 3.68. The highest BCUT2D eigenvalue weighted by atomic mass is 15.0. The van der Waals surface area contributed by atoms with E-state index in [0.29, 0.717) is 0 Å². The monoisotopic (exact) mass is 610 g/mol. The third-order valence-corrected chi connectivity index (χ3v) is 9.91. The van der Waals surface area contributed by atoms with E-state index in [0.717, 1.165) is 5.69 Å². The van der Waals surface area contributed by atoms with E-state index >= 15 is 0 Å². The van der Waals surface area contributed by atoms with E-state index in [-0.39, 0.29) is 0 Å². The molecule has 0 aliphatic rings. The van der Waals surface area contributed by atoms with Gasteiger partial charge in [-0.2, -0.15) is 0 Å². The topological polar surface area (TPSA) is 9.86 Å². The lowest BCUT2D eigenvalue weighted by molar-refractivity contribution is 1.18. The molecule has 2 aromatic heterocycles. The predicted molar refractivity (Wildman–Crippen MR) is 203 cm³/mol. The first-order valence-electron chi connectivity index (χ1n) is 16.5. The first kappa shape index (κ1) is 26.8. The van der Waals surface area contributed by atoms with Crippen molar-refractivity contribution in [3.8, 4) is 33.6 Å². The van der Waals surface area contributed by atoms with E-state index in [4.69, 9.17) is 0 Å². The van der Waals surface area contributed by atoms with Crippen molar-refractivity contribution in [2.24, 2.45) is 0 Å². The standard InChI is InChI=1S/C46H30N2/c1-3-11-31(12-4-1)32-19-24-37(25-20-32)48-42-17-9-7-15-39(42)40-27-22-34(30-45(40)48)33-21-26-38-35(29-33)23-28-44-46(38)41-16-8-10-18-43(41)47(44)36-13-5-2-6-14-36/h1-30H. The second-order valence-electron chi connectivity index (χ2n) is 12.6. The Kier molecular flexibility index (Phi) is 5.91. The molecule has 0 unspecified atom stereocenters. The summed E-state index contributed by atoms with van der Waals surface area (Å²) in [6.45, 7) is 0. The van der Waals surface area contributed by atoms with Gasteiger partial charge in [0.05, 0.1) is 22.1 Å². The molecule has 0 aliphatic heterocycles. The Morgan fingerprint density at radius 1 is 0.271 bits per heavy atom. The molecular weight excluding hydrogens is 581 g/mol. The molecule has 0 fully saturated rings. The molecule has 2 nitrogen and oxygen atoms in total. The Labute approximate surface area is 278 Å².